The molecule has 3 rings (SSSR count). The Kier molecular flexibility index (Phi) is 5.93. The molecule has 0 aromatic heterocycles. The molecule has 1 fully saturated rings. The van der Waals surface area contributed by atoms with E-state index >= 15 is 0 Å². The van der Waals surface area contributed by atoms with Gasteiger partial charge in [-0.2, -0.15) is 0 Å². The number of amides is 2. The summed E-state index contributed by atoms with van der Waals surface area (Å²) in [5.74, 6) is -0.591. The van der Waals surface area contributed by atoms with Crippen molar-refractivity contribution >= 4 is 29.0 Å². The molecule has 1 atom stereocenters. The van der Waals surface area contributed by atoms with Crippen LogP contribution in [-0.4, -0.2) is 24.1 Å². The number of anilines is 2. The molecule has 0 spiro atoms. The van der Waals surface area contributed by atoms with Crippen molar-refractivity contribution in [2.24, 2.45) is 5.92 Å². The summed E-state index contributed by atoms with van der Waals surface area (Å²) in [5, 5.41) is 2.87. The number of nitrogens with one attached hydrogen (secondary N) is 1. The Hall–Kier alpha value is -2.95. The highest BCUT2D eigenvalue weighted by Gasteiger charge is 2.36. The van der Waals surface area contributed by atoms with Gasteiger partial charge in [0.05, 0.1) is 5.92 Å². The predicted octanol–water partition coefficient (Wildman–Crippen LogP) is 4.01. The third kappa shape index (κ3) is 3.98. The largest absolute Gasteiger partial charge is 0.326 e. The van der Waals surface area contributed by atoms with Gasteiger partial charge in [0.25, 0.3) is 0 Å². The highest BCUT2D eigenvalue weighted by atomic mass is 16.2. The van der Waals surface area contributed by atoms with Crippen LogP contribution in [0.5, 0.6) is 0 Å². The van der Waals surface area contributed by atoms with Crippen molar-refractivity contribution < 1.29 is 14.4 Å². The summed E-state index contributed by atoms with van der Waals surface area (Å²) in [7, 11) is 0. The molecule has 1 aliphatic heterocycles. The minimum atomic E-state index is -0.394. The molecule has 2 aromatic carbocycles. The van der Waals surface area contributed by atoms with Crippen molar-refractivity contribution in [1.29, 1.82) is 0 Å². The Morgan fingerprint density at radius 1 is 1.04 bits per heavy atom. The molecule has 1 heterocycles. The van der Waals surface area contributed by atoms with Gasteiger partial charge < -0.3 is 10.2 Å². The van der Waals surface area contributed by atoms with E-state index in [0.29, 0.717) is 17.8 Å². The average Bonchev–Trinajstić information content (AvgIpc) is 3.09. The quantitative estimate of drug-likeness (QED) is 0.773. The van der Waals surface area contributed by atoms with E-state index in [9.17, 15) is 14.4 Å². The molecule has 1 N–H and O–H groups in total. The molecule has 0 aliphatic carbocycles. The summed E-state index contributed by atoms with van der Waals surface area (Å²) in [6, 6.07) is 12.9. The van der Waals surface area contributed by atoms with Gasteiger partial charge in [-0.25, -0.2) is 0 Å². The van der Waals surface area contributed by atoms with Crippen LogP contribution in [0.3, 0.4) is 0 Å². The Morgan fingerprint density at radius 2 is 1.64 bits per heavy atom. The van der Waals surface area contributed by atoms with Gasteiger partial charge in [-0.3, -0.25) is 14.4 Å². The first-order valence-corrected chi connectivity index (χ1v) is 9.77. The molecule has 1 unspecified atom stereocenters. The first kappa shape index (κ1) is 19.8. The van der Waals surface area contributed by atoms with Crippen molar-refractivity contribution in [3.8, 4) is 0 Å². The minimum Gasteiger partial charge on any atom is -0.326 e. The highest BCUT2D eigenvalue weighted by Crippen LogP contribution is 2.32. The SMILES string of the molecule is CCc1cccc(CC)c1N1CC(C(=O)Nc2ccc(C(C)=O)cc2)CC1=O. The van der Waals surface area contributed by atoms with E-state index in [1.807, 2.05) is 18.2 Å². The standard InChI is InChI=1S/C23H26N2O3/c1-4-16-7-6-8-17(5-2)22(16)25-14-19(13-21(25)27)23(28)24-20-11-9-18(10-12-20)15(3)26/h6-12,19H,4-5,13-14H2,1-3H3,(H,24,28). The summed E-state index contributed by atoms with van der Waals surface area (Å²) in [6.07, 6.45) is 1.89. The first-order chi connectivity index (χ1) is 13.4. The monoisotopic (exact) mass is 378 g/mol. The summed E-state index contributed by atoms with van der Waals surface area (Å²) in [5.41, 5.74) is 4.47. The van der Waals surface area contributed by atoms with E-state index in [-0.39, 0.29) is 24.0 Å². The molecular weight excluding hydrogens is 352 g/mol. The molecule has 0 saturated carbocycles. The molecule has 5 heteroatoms. The van der Waals surface area contributed by atoms with E-state index in [0.717, 1.165) is 29.7 Å². The summed E-state index contributed by atoms with van der Waals surface area (Å²) in [4.78, 5) is 38.6. The maximum atomic E-state index is 12.7. The summed E-state index contributed by atoms with van der Waals surface area (Å²) >= 11 is 0. The number of para-hydroxylation sites is 1. The van der Waals surface area contributed by atoms with Gasteiger partial charge in [-0.05, 0) is 55.2 Å². The number of carbonyl (C=O) groups is 3. The molecule has 1 saturated heterocycles. The number of Topliss-reactive ketones (excluding diaryl/α,β-unsaturated/α-hetero) is 1. The second-order valence-corrected chi connectivity index (χ2v) is 7.16. The summed E-state index contributed by atoms with van der Waals surface area (Å²) < 4.78 is 0. The van der Waals surface area contributed by atoms with Crippen LogP contribution in [0, 0.1) is 5.92 Å². The van der Waals surface area contributed by atoms with Crippen LogP contribution in [0.25, 0.3) is 0 Å². The van der Waals surface area contributed by atoms with Crippen LogP contribution in [0.15, 0.2) is 42.5 Å². The first-order valence-electron chi connectivity index (χ1n) is 9.77. The average molecular weight is 378 g/mol. The van der Waals surface area contributed by atoms with Crippen LogP contribution in [-0.2, 0) is 22.4 Å². The topological polar surface area (TPSA) is 66.5 Å². The van der Waals surface area contributed by atoms with E-state index in [2.05, 4.69) is 19.2 Å². The second-order valence-electron chi connectivity index (χ2n) is 7.16. The molecule has 2 amide bonds. The van der Waals surface area contributed by atoms with Gasteiger partial charge in [0.15, 0.2) is 5.78 Å². The smallest absolute Gasteiger partial charge is 0.229 e. The number of carbonyl (C=O) groups excluding carboxylic acids is 3. The van der Waals surface area contributed by atoms with Crippen LogP contribution in [0.1, 0.15) is 48.7 Å². The van der Waals surface area contributed by atoms with Crippen molar-refractivity contribution in [2.75, 3.05) is 16.8 Å². The van der Waals surface area contributed by atoms with Gasteiger partial charge in [0.2, 0.25) is 11.8 Å². The molecule has 5 nitrogen and oxygen atoms in total. The Labute approximate surface area is 165 Å². The number of ketones is 1. The zero-order valence-electron chi connectivity index (χ0n) is 16.6. The fourth-order valence-corrected chi connectivity index (χ4v) is 3.69. The van der Waals surface area contributed by atoms with Crippen molar-refractivity contribution in [2.45, 2.75) is 40.0 Å². The van der Waals surface area contributed by atoms with Crippen LogP contribution >= 0.6 is 0 Å². The van der Waals surface area contributed by atoms with Crippen molar-refractivity contribution in [3.05, 3.63) is 59.2 Å². The lowest BCUT2D eigenvalue weighted by atomic mass is 10.0. The second kappa shape index (κ2) is 8.38. The molecule has 146 valence electrons. The number of nitrogens with zero attached hydrogens (tertiary/aromatic N) is 1. The molecule has 1 aliphatic rings. The lowest BCUT2D eigenvalue weighted by Gasteiger charge is -2.23. The Bertz CT molecular complexity index is 880. The summed E-state index contributed by atoms with van der Waals surface area (Å²) in [6.45, 7) is 6.05. The lowest BCUT2D eigenvalue weighted by Crippen LogP contribution is -2.29. The fraction of sp³-hybridized carbons (Fsp3) is 0.348. The molecule has 0 bridgehead atoms. The van der Waals surface area contributed by atoms with Crippen LogP contribution < -0.4 is 10.2 Å². The maximum Gasteiger partial charge on any atom is 0.229 e. The number of benzene rings is 2. The maximum absolute atomic E-state index is 12.7. The van der Waals surface area contributed by atoms with E-state index < -0.39 is 5.92 Å². The number of hydrogen-bond donors (Lipinski definition) is 1. The van der Waals surface area contributed by atoms with E-state index in [1.165, 1.54) is 6.92 Å². The number of rotatable bonds is 6. The van der Waals surface area contributed by atoms with E-state index in [1.54, 1.807) is 29.2 Å². The number of hydrogen-bond acceptors (Lipinski definition) is 3. The molecular formula is C23H26N2O3. The Balaban J connectivity index is 1.76. The van der Waals surface area contributed by atoms with Crippen LogP contribution in [0.2, 0.25) is 0 Å². The third-order valence-corrected chi connectivity index (χ3v) is 5.29. The highest BCUT2D eigenvalue weighted by molar-refractivity contribution is 6.04. The zero-order chi connectivity index (χ0) is 20.3. The van der Waals surface area contributed by atoms with Crippen molar-refractivity contribution in [3.63, 3.8) is 0 Å². The zero-order valence-corrected chi connectivity index (χ0v) is 16.6. The van der Waals surface area contributed by atoms with Gasteiger partial charge in [0.1, 0.15) is 0 Å². The van der Waals surface area contributed by atoms with Gasteiger partial charge in [0, 0.05) is 29.9 Å². The lowest BCUT2D eigenvalue weighted by molar-refractivity contribution is -0.122. The van der Waals surface area contributed by atoms with Crippen LogP contribution in [0.4, 0.5) is 11.4 Å². The third-order valence-electron chi connectivity index (χ3n) is 5.29. The predicted molar refractivity (Wildman–Crippen MR) is 111 cm³/mol. The normalized spacial score (nSPS) is 16.3. The van der Waals surface area contributed by atoms with Gasteiger partial charge in [-0.15, -0.1) is 0 Å². The minimum absolute atomic E-state index is 0.0114. The van der Waals surface area contributed by atoms with Crippen molar-refractivity contribution in [1.82, 2.24) is 0 Å². The molecule has 2 aromatic rings. The van der Waals surface area contributed by atoms with Gasteiger partial charge >= 0.3 is 0 Å². The number of aryl methyl sites for hydroxylation is 2. The molecule has 0 radical (unpaired) electrons. The van der Waals surface area contributed by atoms with E-state index in [4.69, 9.17) is 0 Å². The fourth-order valence-electron chi connectivity index (χ4n) is 3.69. The van der Waals surface area contributed by atoms with Gasteiger partial charge in [-0.1, -0.05) is 32.0 Å². The molecule has 28 heavy (non-hydrogen) atoms. The Morgan fingerprint density at radius 3 is 2.18 bits per heavy atom.